The summed E-state index contributed by atoms with van der Waals surface area (Å²) in [6.07, 6.45) is 1.22. The molecule has 2 rings (SSSR count). The summed E-state index contributed by atoms with van der Waals surface area (Å²) in [7, 11) is 0. The number of hydrogen-bond acceptors (Lipinski definition) is 6. The van der Waals surface area contributed by atoms with Crippen molar-refractivity contribution in [2.45, 2.75) is 26.2 Å². The minimum atomic E-state index is -0.847. The van der Waals surface area contributed by atoms with Crippen LogP contribution in [0.25, 0.3) is 0 Å². The largest absolute Gasteiger partial charge is 0.490 e. The molecule has 0 bridgehead atoms. The van der Waals surface area contributed by atoms with E-state index in [0.717, 1.165) is 5.75 Å². The Morgan fingerprint density at radius 2 is 1.83 bits per heavy atom. The maximum atomic E-state index is 11.0. The molecule has 0 aliphatic rings. The summed E-state index contributed by atoms with van der Waals surface area (Å²) in [6.45, 7) is 6.91. The molecule has 0 saturated heterocycles. The van der Waals surface area contributed by atoms with Crippen LogP contribution in [0, 0.1) is 10.1 Å². The van der Waals surface area contributed by atoms with Crippen LogP contribution in [0.2, 0.25) is 0 Å². The molecule has 2 aromatic carbocycles. The minimum Gasteiger partial charge on any atom is -0.490 e. The fourth-order valence-electron chi connectivity index (χ4n) is 2.41. The van der Waals surface area contributed by atoms with Gasteiger partial charge in [0.25, 0.3) is 5.69 Å². The van der Waals surface area contributed by atoms with Crippen molar-refractivity contribution < 1.29 is 19.2 Å². The van der Waals surface area contributed by atoms with Gasteiger partial charge in [-0.1, -0.05) is 32.9 Å². The molecule has 0 aliphatic heterocycles. The first-order chi connectivity index (χ1) is 13.7. The summed E-state index contributed by atoms with van der Waals surface area (Å²) in [5, 5.41) is 14.6. The third-order valence-corrected chi connectivity index (χ3v) is 3.91. The topological polar surface area (TPSA) is 129 Å². The number of hydrogen-bond donors (Lipinski definition) is 2. The number of benzene rings is 2. The highest BCUT2D eigenvalue weighted by Crippen LogP contribution is 2.25. The maximum Gasteiger partial charge on any atom is 0.332 e. The number of carbonyl (C=O) groups is 1. The quantitative estimate of drug-likeness (QED) is 0.304. The number of nitro groups is 1. The van der Waals surface area contributed by atoms with Crippen LogP contribution in [0.15, 0.2) is 47.6 Å². The number of nitro benzene ring substituents is 1. The van der Waals surface area contributed by atoms with E-state index in [0.29, 0.717) is 11.3 Å². The molecule has 0 atom stereocenters. The lowest BCUT2D eigenvalue weighted by Gasteiger charge is -2.19. The van der Waals surface area contributed by atoms with Gasteiger partial charge in [0.05, 0.1) is 11.1 Å². The summed E-state index contributed by atoms with van der Waals surface area (Å²) in [5.41, 5.74) is 8.44. The lowest BCUT2D eigenvalue weighted by molar-refractivity contribution is -0.384. The summed E-state index contributed by atoms with van der Waals surface area (Å²) in [5.74, 6) is 1.08. The number of amides is 2. The number of carbonyl (C=O) groups excluding carboxylic acids is 1. The van der Waals surface area contributed by atoms with E-state index in [1.807, 2.05) is 29.7 Å². The SMILES string of the molecule is CC(C)(C)c1ccc(OCCOc2ccc([N+](=O)[O-])cc2C=NNC(N)=O)cc1. The molecule has 9 heteroatoms. The molecule has 0 saturated carbocycles. The fourth-order valence-corrected chi connectivity index (χ4v) is 2.41. The molecule has 154 valence electrons. The normalized spacial score (nSPS) is 11.3. The number of nitrogens with one attached hydrogen (secondary N) is 1. The number of ether oxygens (including phenoxy) is 2. The third-order valence-electron chi connectivity index (χ3n) is 3.91. The van der Waals surface area contributed by atoms with E-state index in [9.17, 15) is 14.9 Å². The average Bonchev–Trinajstić information content (AvgIpc) is 2.65. The molecule has 0 aliphatic carbocycles. The van der Waals surface area contributed by atoms with Gasteiger partial charge in [-0.25, -0.2) is 10.2 Å². The molecule has 0 radical (unpaired) electrons. The van der Waals surface area contributed by atoms with Crippen LogP contribution in [-0.2, 0) is 5.41 Å². The van der Waals surface area contributed by atoms with Crippen LogP contribution in [0.5, 0.6) is 11.5 Å². The van der Waals surface area contributed by atoms with Crippen LogP contribution in [0.4, 0.5) is 10.5 Å². The molecule has 0 aromatic heterocycles. The second kappa shape index (κ2) is 9.54. The van der Waals surface area contributed by atoms with Gasteiger partial charge in [-0.15, -0.1) is 0 Å². The Labute approximate surface area is 168 Å². The number of urea groups is 1. The van der Waals surface area contributed by atoms with Crippen molar-refractivity contribution in [3.8, 4) is 11.5 Å². The van der Waals surface area contributed by atoms with Crippen LogP contribution < -0.4 is 20.6 Å². The number of primary amides is 1. The van der Waals surface area contributed by atoms with Gasteiger partial charge in [0.15, 0.2) is 0 Å². The van der Waals surface area contributed by atoms with E-state index in [-0.39, 0.29) is 24.3 Å². The molecule has 2 amide bonds. The Morgan fingerprint density at radius 3 is 2.41 bits per heavy atom. The molecular weight excluding hydrogens is 376 g/mol. The Hall–Kier alpha value is -3.62. The zero-order chi connectivity index (χ0) is 21.4. The van der Waals surface area contributed by atoms with Crippen LogP contribution >= 0.6 is 0 Å². The molecule has 0 unspecified atom stereocenters. The molecule has 0 fully saturated rings. The number of non-ortho nitro benzene ring substituents is 1. The monoisotopic (exact) mass is 400 g/mol. The zero-order valence-electron chi connectivity index (χ0n) is 16.5. The van der Waals surface area contributed by atoms with Gasteiger partial charge >= 0.3 is 6.03 Å². The van der Waals surface area contributed by atoms with Gasteiger partial charge in [-0.05, 0) is 29.2 Å². The van der Waals surface area contributed by atoms with Gasteiger partial charge in [0, 0.05) is 17.7 Å². The van der Waals surface area contributed by atoms with E-state index in [2.05, 4.69) is 25.9 Å². The first kappa shape index (κ1) is 21.7. The van der Waals surface area contributed by atoms with Crippen molar-refractivity contribution in [3.63, 3.8) is 0 Å². The van der Waals surface area contributed by atoms with Crippen molar-refractivity contribution in [1.82, 2.24) is 5.43 Å². The van der Waals surface area contributed by atoms with Gasteiger partial charge in [-0.2, -0.15) is 5.10 Å². The lowest BCUT2D eigenvalue weighted by Crippen LogP contribution is -2.24. The van der Waals surface area contributed by atoms with Crippen molar-refractivity contribution >= 4 is 17.9 Å². The standard InChI is InChI=1S/C20H24N4O5/c1-20(2,3)15-4-7-17(8-5-15)28-10-11-29-18-9-6-16(24(26)27)12-14(18)13-22-23-19(21)25/h4-9,12-13H,10-11H2,1-3H3,(H3,21,23,25). The van der Waals surface area contributed by atoms with E-state index in [1.165, 1.54) is 30.0 Å². The summed E-state index contributed by atoms with van der Waals surface area (Å²) >= 11 is 0. The highest BCUT2D eigenvalue weighted by Gasteiger charge is 2.13. The Morgan fingerprint density at radius 1 is 1.17 bits per heavy atom. The Bertz CT molecular complexity index is 889. The smallest absolute Gasteiger partial charge is 0.332 e. The molecule has 29 heavy (non-hydrogen) atoms. The first-order valence-electron chi connectivity index (χ1n) is 8.90. The predicted octanol–water partition coefficient (Wildman–Crippen LogP) is 3.35. The number of nitrogens with zero attached hydrogens (tertiary/aromatic N) is 2. The zero-order valence-corrected chi connectivity index (χ0v) is 16.5. The highest BCUT2D eigenvalue weighted by atomic mass is 16.6. The maximum absolute atomic E-state index is 11.0. The van der Waals surface area contributed by atoms with Gasteiger partial charge < -0.3 is 15.2 Å². The number of nitrogens with two attached hydrogens (primary N) is 1. The predicted molar refractivity (Wildman–Crippen MR) is 110 cm³/mol. The molecule has 9 nitrogen and oxygen atoms in total. The Balaban J connectivity index is 1.97. The first-order valence-corrected chi connectivity index (χ1v) is 8.90. The lowest BCUT2D eigenvalue weighted by atomic mass is 9.87. The number of hydrazone groups is 1. The van der Waals surface area contributed by atoms with Crippen LogP contribution in [0.1, 0.15) is 31.9 Å². The second-order valence-electron chi connectivity index (χ2n) is 7.18. The van der Waals surface area contributed by atoms with Crippen molar-refractivity contribution in [2.75, 3.05) is 13.2 Å². The molecule has 2 aromatic rings. The van der Waals surface area contributed by atoms with E-state index in [1.54, 1.807) is 0 Å². The molecule has 3 N–H and O–H groups in total. The molecule has 0 heterocycles. The second-order valence-corrected chi connectivity index (χ2v) is 7.18. The van der Waals surface area contributed by atoms with Crippen LogP contribution in [0.3, 0.4) is 0 Å². The Kier molecular flexibility index (Phi) is 7.13. The summed E-state index contributed by atoms with van der Waals surface area (Å²) in [4.78, 5) is 21.1. The highest BCUT2D eigenvalue weighted by molar-refractivity contribution is 5.85. The molecule has 0 spiro atoms. The van der Waals surface area contributed by atoms with E-state index >= 15 is 0 Å². The fraction of sp³-hybridized carbons (Fsp3) is 0.300. The van der Waals surface area contributed by atoms with Gasteiger partial charge in [-0.3, -0.25) is 10.1 Å². The van der Waals surface area contributed by atoms with Crippen LogP contribution in [-0.4, -0.2) is 30.4 Å². The average molecular weight is 400 g/mol. The third kappa shape index (κ3) is 6.80. The summed E-state index contributed by atoms with van der Waals surface area (Å²) in [6, 6.07) is 11.1. The van der Waals surface area contributed by atoms with Crippen molar-refractivity contribution in [2.24, 2.45) is 10.8 Å². The van der Waals surface area contributed by atoms with Crippen molar-refractivity contribution in [3.05, 3.63) is 63.7 Å². The summed E-state index contributed by atoms with van der Waals surface area (Å²) < 4.78 is 11.3. The molecular formula is C20H24N4O5. The van der Waals surface area contributed by atoms with Crippen molar-refractivity contribution in [1.29, 1.82) is 0 Å². The van der Waals surface area contributed by atoms with E-state index < -0.39 is 11.0 Å². The van der Waals surface area contributed by atoms with Gasteiger partial charge in [0.1, 0.15) is 24.7 Å². The minimum absolute atomic E-state index is 0.0683. The van der Waals surface area contributed by atoms with E-state index in [4.69, 9.17) is 15.2 Å². The van der Waals surface area contributed by atoms with Gasteiger partial charge in [0.2, 0.25) is 0 Å². The number of rotatable bonds is 8.